The fourth-order valence-electron chi connectivity index (χ4n) is 1.07. The Labute approximate surface area is 93.9 Å². The number of benzene rings is 1. The van der Waals surface area contributed by atoms with E-state index in [0.717, 1.165) is 0 Å². The molecule has 0 bridgehead atoms. The molecule has 1 N–H and O–H groups in total. The Hall–Kier alpha value is -1.71. The number of halogens is 1. The van der Waals surface area contributed by atoms with Crippen molar-refractivity contribution in [2.24, 2.45) is 5.92 Å². The van der Waals surface area contributed by atoms with Crippen molar-refractivity contribution in [3.63, 3.8) is 0 Å². The van der Waals surface area contributed by atoms with Gasteiger partial charge in [-0.1, -0.05) is 11.6 Å². The van der Waals surface area contributed by atoms with Gasteiger partial charge < -0.3 is 5.32 Å². The number of hydrogen-bond donors (Lipinski definition) is 1. The van der Waals surface area contributed by atoms with E-state index >= 15 is 0 Å². The zero-order valence-electron chi connectivity index (χ0n) is 8.29. The lowest BCUT2D eigenvalue weighted by molar-refractivity contribution is 0.786. The van der Waals surface area contributed by atoms with Crippen LogP contribution < -0.4 is 5.32 Å². The van der Waals surface area contributed by atoms with E-state index in [2.05, 4.69) is 17.5 Å². The van der Waals surface area contributed by atoms with E-state index in [9.17, 15) is 0 Å². The average Bonchev–Trinajstić information content (AvgIpc) is 2.26. The summed E-state index contributed by atoms with van der Waals surface area (Å²) in [4.78, 5) is 0. The molecule has 0 aliphatic heterocycles. The van der Waals surface area contributed by atoms with Crippen molar-refractivity contribution in [2.45, 2.75) is 6.92 Å². The minimum Gasteiger partial charge on any atom is -0.383 e. The normalized spacial score (nSPS) is 11.2. The summed E-state index contributed by atoms with van der Waals surface area (Å²) in [6.07, 6.45) is 0. The molecule has 0 aliphatic carbocycles. The first kappa shape index (κ1) is 11.4. The molecule has 1 atom stereocenters. The maximum atomic E-state index is 8.83. The summed E-state index contributed by atoms with van der Waals surface area (Å²) in [5.74, 6) is -0.101. The third-order valence-corrected chi connectivity index (χ3v) is 2.16. The monoisotopic (exact) mass is 219 g/mol. The molecular weight excluding hydrogens is 210 g/mol. The lowest BCUT2D eigenvalue weighted by Crippen LogP contribution is -2.10. The topological polar surface area (TPSA) is 59.6 Å². The van der Waals surface area contributed by atoms with Crippen LogP contribution in [0.3, 0.4) is 0 Å². The predicted molar refractivity (Wildman–Crippen MR) is 59.4 cm³/mol. The lowest BCUT2D eigenvalue weighted by Gasteiger charge is -2.09. The Morgan fingerprint density at radius 3 is 2.80 bits per heavy atom. The highest BCUT2D eigenvalue weighted by Crippen LogP contribution is 2.20. The van der Waals surface area contributed by atoms with E-state index < -0.39 is 0 Å². The first-order valence-electron chi connectivity index (χ1n) is 4.50. The Bertz CT molecular complexity index is 428. The second-order valence-electron chi connectivity index (χ2n) is 3.21. The third-order valence-electron chi connectivity index (χ3n) is 1.92. The van der Waals surface area contributed by atoms with E-state index in [1.807, 2.05) is 6.92 Å². The van der Waals surface area contributed by atoms with Gasteiger partial charge in [0.15, 0.2) is 0 Å². The van der Waals surface area contributed by atoms with Gasteiger partial charge in [-0.3, -0.25) is 0 Å². The number of nitrogens with one attached hydrogen (secondary N) is 1. The maximum Gasteiger partial charge on any atom is 0.101 e. The molecule has 1 aromatic carbocycles. The number of nitrogens with zero attached hydrogens (tertiary/aromatic N) is 2. The first-order valence-corrected chi connectivity index (χ1v) is 4.88. The van der Waals surface area contributed by atoms with Gasteiger partial charge in [0, 0.05) is 11.6 Å². The molecule has 0 aromatic heterocycles. The SMILES string of the molecule is CC(C#N)CNc1cc(Cl)ccc1C#N. The quantitative estimate of drug-likeness (QED) is 0.851. The van der Waals surface area contributed by atoms with Gasteiger partial charge >= 0.3 is 0 Å². The van der Waals surface area contributed by atoms with Crippen molar-refractivity contribution in [2.75, 3.05) is 11.9 Å². The van der Waals surface area contributed by atoms with Gasteiger partial charge in [0.05, 0.1) is 23.2 Å². The molecule has 0 aliphatic rings. The van der Waals surface area contributed by atoms with Crippen LogP contribution in [-0.2, 0) is 0 Å². The van der Waals surface area contributed by atoms with Gasteiger partial charge in [-0.25, -0.2) is 0 Å². The molecule has 1 rings (SSSR count). The fraction of sp³-hybridized carbons (Fsp3) is 0.273. The maximum absolute atomic E-state index is 8.83. The van der Waals surface area contributed by atoms with Gasteiger partial charge in [0.25, 0.3) is 0 Å². The summed E-state index contributed by atoms with van der Waals surface area (Å²) in [5.41, 5.74) is 1.21. The van der Waals surface area contributed by atoms with E-state index in [-0.39, 0.29) is 5.92 Å². The minimum absolute atomic E-state index is 0.101. The van der Waals surface area contributed by atoms with Crippen LogP contribution in [0.25, 0.3) is 0 Å². The molecule has 4 heteroatoms. The molecule has 3 nitrogen and oxygen atoms in total. The zero-order chi connectivity index (χ0) is 11.3. The molecule has 0 saturated carbocycles. The highest BCUT2D eigenvalue weighted by Gasteiger charge is 2.04. The molecule has 0 spiro atoms. The van der Waals surface area contributed by atoms with Gasteiger partial charge in [-0.15, -0.1) is 0 Å². The summed E-state index contributed by atoms with van der Waals surface area (Å²) in [7, 11) is 0. The van der Waals surface area contributed by atoms with Crippen molar-refractivity contribution in [1.29, 1.82) is 10.5 Å². The Balaban J connectivity index is 2.81. The largest absolute Gasteiger partial charge is 0.383 e. The van der Waals surface area contributed by atoms with Crippen LogP contribution in [0.2, 0.25) is 5.02 Å². The molecule has 76 valence electrons. The van der Waals surface area contributed by atoms with Crippen LogP contribution in [0.15, 0.2) is 18.2 Å². The fourth-order valence-corrected chi connectivity index (χ4v) is 1.24. The summed E-state index contributed by atoms with van der Waals surface area (Å²) < 4.78 is 0. The van der Waals surface area contributed by atoms with Crippen LogP contribution in [0.1, 0.15) is 12.5 Å². The standard InChI is InChI=1S/C11H10ClN3/c1-8(5-13)7-15-11-4-10(12)3-2-9(11)6-14/h2-4,8,15H,7H2,1H3. The summed E-state index contributed by atoms with van der Waals surface area (Å²) in [5, 5.41) is 21.0. The van der Waals surface area contributed by atoms with Crippen LogP contribution in [-0.4, -0.2) is 6.54 Å². The second kappa shape index (κ2) is 5.24. The number of nitriles is 2. The minimum atomic E-state index is -0.101. The summed E-state index contributed by atoms with van der Waals surface area (Å²) in [6, 6.07) is 9.17. The van der Waals surface area contributed by atoms with E-state index in [1.54, 1.807) is 18.2 Å². The second-order valence-corrected chi connectivity index (χ2v) is 3.65. The highest BCUT2D eigenvalue weighted by atomic mass is 35.5. The summed E-state index contributed by atoms with van der Waals surface area (Å²) >= 11 is 5.81. The van der Waals surface area contributed by atoms with E-state index in [4.69, 9.17) is 22.1 Å². The smallest absolute Gasteiger partial charge is 0.101 e. The predicted octanol–water partition coefficient (Wildman–Crippen LogP) is 2.78. The number of anilines is 1. The average molecular weight is 220 g/mol. The molecule has 0 saturated heterocycles. The van der Waals surface area contributed by atoms with E-state index in [1.165, 1.54) is 0 Å². The zero-order valence-corrected chi connectivity index (χ0v) is 9.04. The summed E-state index contributed by atoms with van der Waals surface area (Å²) in [6.45, 7) is 2.31. The molecule has 1 aromatic rings. The van der Waals surface area contributed by atoms with Crippen LogP contribution in [0.4, 0.5) is 5.69 Å². The third kappa shape index (κ3) is 3.16. The Morgan fingerprint density at radius 2 is 2.20 bits per heavy atom. The van der Waals surface area contributed by atoms with Gasteiger partial charge in [-0.2, -0.15) is 10.5 Å². The van der Waals surface area contributed by atoms with Gasteiger partial charge in [0.2, 0.25) is 0 Å². The first-order chi connectivity index (χ1) is 7.17. The van der Waals surface area contributed by atoms with Gasteiger partial charge in [0.1, 0.15) is 6.07 Å². The van der Waals surface area contributed by atoms with Crippen LogP contribution in [0.5, 0.6) is 0 Å². The van der Waals surface area contributed by atoms with Crippen molar-refractivity contribution in [3.05, 3.63) is 28.8 Å². The molecule has 0 heterocycles. The molecule has 0 fully saturated rings. The molecule has 0 amide bonds. The number of rotatable bonds is 3. The van der Waals surface area contributed by atoms with Crippen molar-refractivity contribution in [1.82, 2.24) is 0 Å². The highest BCUT2D eigenvalue weighted by molar-refractivity contribution is 6.30. The molecule has 0 radical (unpaired) electrons. The molecular formula is C11H10ClN3. The Morgan fingerprint density at radius 1 is 1.47 bits per heavy atom. The van der Waals surface area contributed by atoms with Crippen molar-refractivity contribution >= 4 is 17.3 Å². The lowest BCUT2D eigenvalue weighted by atomic mass is 10.1. The van der Waals surface area contributed by atoms with Crippen LogP contribution in [0, 0.1) is 28.6 Å². The molecule has 15 heavy (non-hydrogen) atoms. The van der Waals surface area contributed by atoms with Crippen molar-refractivity contribution in [3.8, 4) is 12.1 Å². The Kier molecular flexibility index (Phi) is 3.97. The van der Waals surface area contributed by atoms with Gasteiger partial charge in [-0.05, 0) is 25.1 Å². The van der Waals surface area contributed by atoms with E-state index in [0.29, 0.717) is 22.8 Å². The number of hydrogen-bond acceptors (Lipinski definition) is 3. The van der Waals surface area contributed by atoms with Crippen LogP contribution >= 0.6 is 11.6 Å². The molecule has 1 unspecified atom stereocenters. The van der Waals surface area contributed by atoms with Crippen molar-refractivity contribution < 1.29 is 0 Å².